The highest BCUT2D eigenvalue weighted by Crippen LogP contribution is 2.42. The van der Waals surface area contributed by atoms with Gasteiger partial charge >= 0.3 is 0 Å². The zero-order valence-electron chi connectivity index (χ0n) is 16.4. The van der Waals surface area contributed by atoms with E-state index in [-0.39, 0.29) is 23.5 Å². The van der Waals surface area contributed by atoms with Crippen molar-refractivity contribution in [1.82, 2.24) is 4.90 Å². The number of benzene rings is 1. The van der Waals surface area contributed by atoms with Gasteiger partial charge in [0.1, 0.15) is 10.8 Å². The van der Waals surface area contributed by atoms with Crippen molar-refractivity contribution in [3.05, 3.63) is 75.8 Å². The molecule has 1 N–H and O–H groups in total. The fraction of sp³-hybridized carbons (Fsp3) is 0.318. The Morgan fingerprint density at radius 3 is 2.55 bits per heavy atom. The van der Waals surface area contributed by atoms with Crippen molar-refractivity contribution in [2.75, 3.05) is 31.6 Å². The van der Waals surface area contributed by atoms with E-state index in [4.69, 9.17) is 9.15 Å². The maximum atomic E-state index is 13.6. The van der Waals surface area contributed by atoms with Gasteiger partial charge in [0, 0.05) is 23.5 Å². The van der Waals surface area contributed by atoms with Gasteiger partial charge in [-0.05, 0) is 49.2 Å². The lowest BCUT2D eigenvalue weighted by molar-refractivity contribution is 0.0240. The van der Waals surface area contributed by atoms with Gasteiger partial charge in [0.2, 0.25) is 0 Å². The van der Waals surface area contributed by atoms with Crippen LogP contribution in [0.1, 0.15) is 38.2 Å². The van der Waals surface area contributed by atoms with Crippen LogP contribution in [0, 0.1) is 19.7 Å². The summed E-state index contributed by atoms with van der Waals surface area (Å²) >= 11 is 1.55. The Labute approximate surface area is 173 Å². The fourth-order valence-corrected chi connectivity index (χ4v) is 4.77. The van der Waals surface area contributed by atoms with Crippen LogP contribution in [0.3, 0.4) is 0 Å². The van der Waals surface area contributed by atoms with Gasteiger partial charge in [0.15, 0.2) is 5.76 Å². The highest BCUT2D eigenvalue weighted by Gasteiger charge is 2.30. The Bertz CT molecular complexity index is 976. The van der Waals surface area contributed by atoms with Gasteiger partial charge < -0.3 is 14.5 Å². The summed E-state index contributed by atoms with van der Waals surface area (Å²) in [6.07, 6.45) is 1.48. The van der Waals surface area contributed by atoms with E-state index in [2.05, 4.69) is 17.1 Å². The van der Waals surface area contributed by atoms with Gasteiger partial charge in [-0.1, -0.05) is 12.1 Å². The molecule has 1 saturated heterocycles. The predicted molar refractivity (Wildman–Crippen MR) is 111 cm³/mol. The Hall–Kier alpha value is -2.48. The van der Waals surface area contributed by atoms with E-state index < -0.39 is 0 Å². The number of carbonyl (C=O) groups is 1. The molecule has 0 bridgehead atoms. The number of aryl methyl sites for hydroxylation is 1. The molecule has 29 heavy (non-hydrogen) atoms. The molecule has 4 rings (SSSR count). The molecule has 0 saturated carbocycles. The van der Waals surface area contributed by atoms with Gasteiger partial charge in [-0.2, -0.15) is 0 Å². The summed E-state index contributed by atoms with van der Waals surface area (Å²) < 4.78 is 24.4. The van der Waals surface area contributed by atoms with Crippen molar-refractivity contribution >= 4 is 22.2 Å². The van der Waals surface area contributed by atoms with Gasteiger partial charge in [0.05, 0.1) is 25.5 Å². The Morgan fingerprint density at radius 2 is 1.90 bits per heavy atom. The molecule has 1 amide bonds. The third-order valence-corrected chi connectivity index (χ3v) is 6.41. The number of anilines is 1. The van der Waals surface area contributed by atoms with Gasteiger partial charge in [-0.3, -0.25) is 9.69 Å². The third-order valence-electron chi connectivity index (χ3n) is 5.27. The van der Waals surface area contributed by atoms with Crippen LogP contribution in [-0.2, 0) is 4.74 Å². The molecule has 0 aliphatic carbocycles. The second kappa shape index (κ2) is 8.49. The number of carbonyl (C=O) groups excluding carboxylic acids is 1. The van der Waals surface area contributed by atoms with E-state index in [0.717, 1.165) is 39.7 Å². The smallest absolute Gasteiger partial charge is 0.291 e. The van der Waals surface area contributed by atoms with E-state index in [1.165, 1.54) is 18.4 Å². The molecule has 3 heterocycles. The summed E-state index contributed by atoms with van der Waals surface area (Å²) in [4.78, 5) is 16.1. The number of hydrogen-bond acceptors (Lipinski definition) is 5. The van der Waals surface area contributed by atoms with Crippen LogP contribution in [0.15, 0.2) is 47.1 Å². The van der Waals surface area contributed by atoms with Crippen LogP contribution in [-0.4, -0.2) is 37.1 Å². The van der Waals surface area contributed by atoms with E-state index in [1.54, 1.807) is 23.5 Å². The lowest BCUT2D eigenvalue weighted by atomic mass is 9.94. The van der Waals surface area contributed by atoms with Crippen molar-refractivity contribution in [3.8, 4) is 0 Å². The number of halogens is 1. The summed E-state index contributed by atoms with van der Waals surface area (Å²) in [5, 5.41) is 3.82. The number of ether oxygens (including phenoxy) is 1. The van der Waals surface area contributed by atoms with Crippen LogP contribution >= 0.6 is 11.3 Å². The van der Waals surface area contributed by atoms with Crippen LogP contribution in [0.4, 0.5) is 9.39 Å². The first-order chi connectivity index (χ1) is 14.0. The first kappa shape index (κ1) is 19.8. The molecule has 7 heteroatoms. The maximum absolute atomic E-state index is 13.6. The van der Waals surface area contributed by atoms with Gasteiger partial charge in [-0.25, -0.2) is 4.39 Å². The Kier molecular flexibility index (Phi) is 5.80. The number of thiophene rings is 1. The van der Waals surface area contributed by atoms with E-state index >= 15 is 0 Å². The van der Waals surface area contributed by atoms with Crippen molar-refractivity contribution in [2.45, 2.75) is 19.9 Å². The number of morpholine rings is 1. The van der Waals surface area contributed by atoms with Crippen LogP contribution in [0.5, 0.6) is 0 Å². The van der Waals surface area contributed by atoms with Crippen molar-refractivity contribution < 1.29 is 18.3 Å². The molecular formula is C22H23FN2O3S. The van der Waals surface area contributed by atoms with E-state index in [1.807, 2.05) is 19.1 Å². The average Bonchev–Trinajstić information content (AvgIpc) is 3.35. The number of rotatable bonds is 5. The molecule has 1 aromatic carbocycles. The number of nitrogens with one attached hydrogen (secondary N) is 1. The molecule has 152 valence electrons. The largest absolute Gasteiger partial charge is 0.459 e. The molecular weight excluding hydrogens is 391 g/mol. The van der Waals surface area contributed by atoms with E-state index in [9.17, 15) is 9.18 Å². The highest BCUT2D eigenvalue weighted by molar-refractivity contribution is 7.16. The Balaban J connectivity index is 1.77. The Morgan fingerprint density at radius 1 is 1.17 bits per heavy atom. The second-order valence-electron chi connectivity index (χ2n) is 7.06. The zero-order chi connectivity index (χ0) is 20.4. The van der Waals surface area contributed by atoms with Crippen molar-refractivity contribution in [3.63, 3.8) is 0 Å². The van der Waals surface area contributed by atoms with Crippen LogP contribution in [0.25, 0.3) is 0 Å². The SMILES string of the molecule is Cc1sc(NC(=O)c2ccco2)c([C@@H](c2ccc(F)cc2)N2CCOCC2)c1C. The highest BCUT2D eigenvalue weighted by atomic mass is 32.1. The summed E-state index contributed by atoms with van der Waals surface area (Å²) in [5.41, 5.74) is 3.16. The molecule has 1 fully saturated rings. The fourth-order valence-electron chi connectivity index (χ4n) is 3.68. The topological polar surface area (TPSA) is 54.7 Å². The maximum Gasteiger partial charge on any atom is 0.291 e. The lowest BCUT2D eigenvalue weighted by Gasteiger charge is -2.35. The number of hydrogen-bond donors (Lipinski definition) is 1. The minimum absolute atomic E-state index is 0.101. The lowest BCUT2D eigenvalue weighted by Crippen LogP contribution is -2.39. The predicted octanol–water partition coefficient (Wildman–Crippen LogP) is 4.77. The van der Waals surface area contributed by atoms with Crippen LogP contribution < -0.4 is 5.32 Å². The molecule has 5 nitrogen and oxygen atoms in total. The first-order valence-electron chi connectivity index (χ1n) is 9.56. The second-order valence-corrected chi connectivity index (χ2v) is 8.28. The zero-order valence-corrected chi connectivity index (χ0v) is 17.2. The molecule has 0 unspecified atom stereocenters. The van der Waals surface area contributed by atoms with E-state index in [0.29, 0.717) is 13.2 Å². The summed E-state index contributed by atoms with van der Waals surface area (Å²) in [5.74, 6) is -0.277. The van der Waals surface area contributed by atoms with Gasteiger partial charge in [0.25, 0.3) is 5.91 Å². The van der Waals surface area contributed by atoms with Crippen LogP contribution in [0.2, 0.25) is 0 Å². The summed E-state index contributed by atoms with van der Waals surface area (Å²) in [7, 11) is 0. The van der Waals surface area contributed by atoms with Crippen molar-refractivity contribution in [2.24, 2.45) is 0 Å². The standard InChI is InChI=1S/C22H23FN2O3S/c1-14-15(2)29-22(24-21(26)18-4-3-11-28-18)19(14)20(25-9-12-27-13-10-25)16-5-7-17(23)8-6-16/h3-8,11,20H,9-10,12-13H2,1-2H3,(H,24,26)/t20-/m1/s1. The minimum Gasteiger partial charge on any atom is -0.459 e. The molecule has 1 atom stereocenters. The molecule has 0 radical (unpaired) electrons. The monoisotopic (exact) mass is 414 g/mol. The summed E-state index contributed by atoms with van der Waals surface area (Å²) in [6, 6.07) is 9.84. The summed E-state index contributed by atoms with van der Waals surface area (Å²) in [6.45, 7) is 6.94. The average molecular weight is 415 g/mol. The quantitative estimate of drug-likeness (QED) is 0.653. The van der Waals surface area contributed by atoms with Gasteiger partial charge in [-0.15, -0.1) is 11.3 Å². The minimum atomic E-state index is -0.280. The molecule has 1 aliphatic heterocycles. The first-order valence-corrected chi connectivity index (χ1v) is 10.4. The number of nitrogens with zero attached hydrogens (tertiary/aromatic N) is 1. The normalized spacial score (nSPS) is 16.0. The molecule has 1 aliphatic rings. The molecule has 2 aromatic heterocycles. The third kappa shape index (κ3) is 4.12. The number of furan rings is 1. The molecule has 0 spiro atoms. The van der Waals surface area contributed by atoms with Crippen molar-refractivity contribution in [1.29, 1.82) is 0 Å². The molecule has 3 aromatic rings. The number of amides is 1.